The molecule has 0 aliphatic rings. The molecule has 0 fully saturated rings. The largest absolute Gasteiger partial charge is 0.494 e. The van der Waals surface area contributed by atoms with Gasteiger partial charge in [-0.25, -0.2) is 0 Å². The topological polar surface area (TPSA) is 63.6 Å². The molecule has 0 aromatic heterocycles. The van der Waals surface area contributed by atoms with E-state index in [2.05, 4.69) is 0 Å². The molecule has 0 heterocycles. The van der Waals surface area contributed by atoms with Gasteiger partial charge in [-0.05, 0) is 31.9 Å². The molecule has 0 amide bonds. The summed E-state index contributed by atoms with van der Waals surface area (Å²) < 4.78 is 35.0. The molecule has 5 heteroatoms. The number of ether oxygens (including phenoxy) is 1. The highest BCUT2D eigenvalue weighted by Gasteiger charge is 2.02. The van der Waals surface area contributed by atoms with E-state index in [1.807, 2.05) is 31.2 Å². The van der Waals surface area contributed by atoms with Gasteiger partial charge in [0.2, 0.25) is 0 Å². The van der Waals surface area contributed by atoms with Crippen molar-refractivity contribution in [3.05, 3.63) is 29.8 Å². The highest BCUT2D eigenvalue weighted by Crippen LogP contribution is 2.12. The molecular weight excluding hydrogens is 252 g/mol. The third-order valence-corrected chi connectivity index (χ3v) is 3.39. The first kappa shape index (κ1) is 15.0. The van der Waals surface area contributed by atoms with Crippen LogP contribution in [0.5, 0.6) is 5.75 Å². The van der Waals surface area contributed by atoms with Crippen molar-refractivity contribution in [1.29, 1.82) is 0 Å². The summed E-state index contributed by atoms with van der Waals surface area (Å²) in [6, 6.07) is 7.88. The Morgan fingerprint density at radius 3 is 2.28 bits per heavy atom. The molecule has 1 aromatic rings. The highest BCUT2D eigenvalue weighted by molar-refractivity contribution is 7.85. The van der Waals surface area contributed by atoms with E-state index in [1.165, 1.54) is 5.56 Å². The molecule has 0 saturated heterocycles. The van der Waals surface area contributed by atoms with Crippen LogP contribution in [-0.4, -0.2) is 25.3 Å². The lowest BCUT2D eigenvalue weighted by molar-refractivity contribution is 0.305. The van der Waals surface area contributed by atoms with Crippen LogP contribution >= 0.6 is 0 Å². The van der Waals surface area contributed by atoms with Crippen LogP contribution in [0.2, 0.25) is 0 Å². The second kappa shape index (κ2) is 7.38. The quantitative estimate of drug-likeness (QED) is 0.584. The van der Waals surface area contributed by atoms with Gasteiger partial charge in [0.05, 0.1) is 12.4 Å². The van der Waals surface area contributed by atoms with Crippen molar-refractivity contribution in [3.63, 3.8) is 0 Å². The van der Waals surface area contributed by atoms with Gasteiger partial charge in [0.1, 0.15) is 5.75 Å². The normalized spacial score (nSPS) is 11.4. The summed E-state index contributed by atoms with van der Waals surface area (Å²) in [6.07, 6.45) is 3.08. The lowest BCUT2D eigenvalue weighted by atomic mass is 10.2. The Morgan fingerprint density at radius 1 is 1.06 bits per heavy atom. The van der Waals surface area contributed by atoms with Gasteiger partial charge in [0.25, 0.3) is 10.1 Å². The van der Waals surface area contributed by atoms with E-state index in [4.69, 9.17) is 9.29 Å². The Kier molecular flexibility index (Phi) is 6.15. The van der Waals surface area contributed by atoms with Crippen LogP contribution in [-0.2, 0) is 10.1 Å². The Labute approximate surface area is 109 Å². The van der Waals surface area contributed by atoms with E-state index >= 15 is 0 Å². The molecule has 102 valence electrons. The molecule has 0 radical (unpaired) electrons. The molecule has 1 aromatic carbocycles. The first-order valence-electron chi connectivity index (χ1n) is 6.12. The molecule has 0 spiro atoms. The first-order chi connectivity index (χ1) is 8.47. The average Bonchev–Trinajstić information content (AvgIpc) is 2.29. The van der Waals surface area contributed by atoms with E-state index in [0.717, 1.165) is 25.0 Å². The zero-order valence-electron chi connectivity index (χ0n) is 10.6. The number of hydrogen-bond acceptors (Lipinski definition) is 3. The molecular formula is C13H20O4S. The van der Waals surface area contributed by atoms with Crippen LogP contribution < -0.4 is 4.74 Å². The third-order valence-electron chi connectivity index (χ3n) is 2.59. The van der Waals surface area contributed by atoms with Crippen molar-refractivity contribution in [3.8, 4) is 5.75 Å². The average molecular weight is 272 g/mol. The van der Waals surface area contributed by atoms with Crippen molar-refractivity contribution >= 4 is 10.1 Å². The molecule has 1 N–H and O–H groups in total. The Morgan fingerprint density at radius 2 is 1.67 bits per heavy atom. The van der Waals surface area contributed by atoms with Crippen LogP contribution in [0, 0.1) is 6.92 Å². The third kappa shape index (κ3) is 7.29. The van der Waals surface area contributed by atoms with Gasteiger partial charge in [-0.1, -0.05) is 30.5 Å². The summed E-state index contributed by atoms with van der Waals surface area (Å²) in [5, 5.41) is 0. The second-order valence-corrected chi connectivity index (χ2v) is 5.93. The van der Waals surface area contributed by atoms with Crippen LogP contribution in [0.15, 0.2) is 24.3 Å². The summed E-state index contributed by atoms with van der Waals surface area (Å²) in [7, 11) is -3.80. The van der Waals surface area contributed by atoms with Gasteiger partial charge in [-0.3, -0.25) is 4.55 Å². The number of aryl methyl sites for hydroxylation is 1. The van der Waals surface area contributed by atoms with Crippen molar-refractivity contribution in [2.24, 2.45) is 0 Å². The van der Waals surface area contributed by atoms with E-state index in [9.17, 15) is 8.42 Å². The fourth-order valence-corrected chi connectivity index (χ4v) is 2.13. The highest BCUT2D eigenvalue weighted by atomic mass is 32.2. The summed E-state index contributed by atoms with van der Waals surface area (Å²) >= 11 is 0. The summed E-state index contributed by atoms with van der Waals surface area (Å²) in [5.74, 6) is 0.713. The summed E-state index contributed by atoms with van der Waals surface area (Å²) in [5.41, 5.74) is 1.20. The zero-order chi connectivity index (χ0) is 13.4. The van der Waals surface area contributed by atoms with Gasteiger partial charge in [0.15, 0.2) is 0 Å². The van der Waals surface area contributed by atoms with E-state index in [1.54, 1.807) is 0 Å². The minimum absolute atomic E-state index is 0.147. The Bertz CT molecular complexity index is 437. The summed E-state index contributed by atoms with van der Waals surface area (Å²) in [6.45, 7) is 2.66. The van der Waals surface area contributed by atoms with Crippen LogP contribution in [0.4, 0.5) is 0 Å². The Balaban J connectivity index is 2.04. The van der Waals surface area contributed by atoms with Gasteiger partial charge in [-0.15, -0.1) is 0 Å². The molecule has 0 bridgehead atoms. The van der Waals surface area contributed by atoms with Crippen LogP contribution in [0.3, 0.4) is 0 Å². The van der Waals surface area contributed by atoms with Crippen molar-refractivity contribution in [2.45, 2.75) is 32.6 Å². The standard InChI is InChI=1S/C13H20O4S/c1-12-6-8-13(9-7-12)17-10-4-2-3-5-11-18(14,15)16/h6-9H,2-5,10-11H2,1H3,(H,14,15,16). The summed E-state index contributed by atoms with van der Waals surface area (Å²) in [4.78, 5) is 0. The SMILES string of the molecule is Cc1ccc(OCCCCCCS(=O)(=O)O)cc1. The second-order valence-electron chi connectivity index (χ2n) is 4.36. The fraction of sp³-hybridized carbons (Fsp3) is 0.538. The van der Waals surface area contributed by atoms with Gasteiger partial charge in [-0.2, -0.15) is 8.42 Å². The maximum absolute atomic E-state index is 10.5. The zero-order valence-corrected chi connectivity index (χ0v) is 11.4. The molecule has 18 heavy (non-hydrogen) atoms. The Hall–Kier alpha value is -1.07. The molecule has 1 rings (SSSR count). The van der Waals surface area contributed by atoms with Crippen molar-refractivity contribution in [2.75, 3.05) is 12.4 Å². The fourth-order valence-electron chi connectivity index (χ4n) is 1.56. The van der Waals surface area contributed by atoms with Gasteiger partial charge < -0.3 is 4.74 Å². The minimum atomic E-state index is -3.80. The predicted octanol–water partition coefficient (Wildman–Crippen LogP) is 2.82. The molecule has 0 unspecified atom stereocenters. The van der Waals surface area contributed by atoms with Gasteiger partial charge >= 0.3 is 0 Å². The number of benzene rings is 1. The van der Waals surface area contributed by atoms with Crippen molar-refractivity contribution in [1.82, 2.24) is 0 Å². The molecule has 0 aliphatic heterocycles. The maximum atomic E-state index is 10.5. The molecule has 0 saturated carbocycles. The van der Waals surface area contributed by atoms with Crippen LogP contribution in [0.25, 0.3) is 0 Å². The maximum Gasteiger partial charge on any atom is 0.264 e. The van der Waals surface area contributed by atoms with E-state index < -0.39 is 10.1 Å². The minimum Gasteiger partial charge on any atom is -0.494 e. The van der Waals surface area contributed by atoms with Gasteiger partial charge in [0, 0.05) is 0 Å². The molecule has 4 nitrogen and oxygen atoms in total. The van der Waals surface area contributed by atoms with Crippen LogP contribution in [0.1, 0.15) is 31.2 Å². The first-order valence-corrected chi connectivity index (χ1v) is 7.73. The van der Waals surface area contributed by atoms with E-state index in [-0.39, 0.29) is 5.75 Å². The lowest BCUT2D eigenvalue weighted by Crippen LogP contribution is -2.03. The van der Waals surface area contributed by atoms with Crippen molar-refractivity contribution < 1.29 is 17.7 Å². The monoisotopic (exact) mass is 272 g/mol. The smallest absolute Gasteiger partial charge is 0.264 e. The number of rotatable bonds is 8. The number of hydrogen-bond donors (Lipinski definition) is 1. The molecule has 0 atom stereocenters. The number of unbranched alkanes of at least 4 members (excludes halogenated alkanes) is 3. The lowest BCUT2D eigenvalue weighted by Gasteiger charge is -2.06. The predicted molar refractivity (Wildman–Crippen MR) is 71.6 cm³/mol. The van der Waals surface area contributed by atoms with E-state index in [0.29, 0.717) is 13.0 Å². The molecule has 0 aliphatic carbocycles.